The van der Waals surface area contributed by atoms with Crippen LogP contribution in [-0.2, 0) is 0 Å². The zero-order valence-electron chi connectivity index (χ0n) is 31.7. The number of benzene rings is 10. The Morgan fingerprint density at radius 2 is 0.931 bits per heavy atom. The topological polar surface area (TPSA) is 8.17 Å². The first-order chi connectivity index (χ1) is 28.8. The standard InChI is InChI=1S/C56H36N2/c1-3-16-37(17-4-1)43-22-9-12-27-51(43)57(41-30-32-48-49(35-41)47-26-15-21-40-34-39-20-7-8-24-45(39)56(48)55(40)47)42-31-33-54-50(36-42)46-25-11-14-29-53(46)58(54)52-28-13-10-23-44(52)38-18-5-2-6-19-38/h1-36H. The summed E-state index contributed by atoms with van der Waals surface area (Å²) in [4.78, 5) is 2.47. The summed E-state index contributed by atoms with van der Waals surface area (Å²) in [7, 11) is 0. The van der Waals surface area contributed by atoms with E-state index in [-0.39, 0.29) is 0 Å². The van der Waals surface area contributed by atoms with Crippen molar-refractivity contribution in [2.24, 2.45) is 0 Å². The van der Waals surface area contributed by atoms with Crippen LogP contribution in [0.25, 0.3) is 93.5 Å². The number of hydrogen-bond donors (Lipinski definition) is 0. The first kappa shape index (κ1) is 32.6. The number of nitrogens with zero attached hydrogens (tertiary/aromatic N) is 2. The predicted octanol–water partition coefficient (Wildman–Crippen LogP) is 15.5. The number of rotatable bonds is 6. The molecule has 1 aliphatic rings. The van der Waals surface area contributed by atoms with Crippen molar-refractivity contribution >= 4 is 60.4 Å². The summed E-state index contributed by atoms with van der Waals surface area (Å²) in [6.07, 6.45) is 0. The lowest BCUT2D eigenvalue weighted by molar-refractivity contribution is 1.18. The lowest BCUT2D eigenvalue weighted by Gasteiger charge is -2.28. The normalized spacial score (nSPS) is 11.8. The number of fused-ring (bicyclic) bond motifs is 8. The fourth-order valence-corrected chi connectivity index (χ4v) is 9.59. The minimum absolute atomic E-state index is 1.11. The molecule has 11 aromatic rings. The molecule has 0 unspecified atom stereocenters. The van der Waals surface area contributed by atoms with Crippen LogP contribution >= 0.6 is 0 Å². The molecule has 1 aromatic heterocycles. The minimum atomic E-state index is 1.11. The van der Waals surface area contributed by atoms with Crippen LogP contribution in [-0.4, -0.2) is 4.57 Å². The third-order valence-electron chi connectivity index (χ3n) is 12.1. The second-order valence-electron chi connectivity index (χ2n) is 15.3. The van der Waals surface area contributed by atoms with Crippen LogP contribution in [0.3, 0.4) is 0 Å². The van der Waals surface area contributed by atoms with Gasteiger partial charge in [-0.25, -0.2) is 0 Å². The third kappa shape index (κ3) is 4.92. The quantitative estimate of drug-likeness (QED) is 0.154. The van der Waals surface area contributed by atoms with E-state index in [4.69, 9.17) is 0 Å². The van der Waals surface area contributed by atoms with Crippen molar-refractivity contribution in [3.8, 4) is 50.2 Å². The minimum Gasteiger partial charge on any atom is -0.310 e. The van der Waals surface area contributed by atoms with E-state index in [1.54, 1.807) is 0 Å². The molecule has 2 heteroatoms. The Hall–Kier alpha value is -7.68. The summed E-state index contributed by atoms with van der Waals surface area (Å²) < 4.78 is 2.44. The first-order valence-corrected chi connectivity index (χ1v) is 20.0. The van der Waals surface area contributed by atoms with E-state index in [0.717, 1.165) is 17.1 Å². The van der Waals surface area contributed by atoms with Crippen LogP contribution in [0.15, 0.2) is 218 Å². The van der Waals surface area contributed by atoms with Crippen LogP contribution in [0.4, 0.5) is 17.1 Å². The molecule has 58 heavy (non-hydrogen) atoms. The van der Waals surface area contributed by atoms with Gasteiger partial charge in [0.2, 0.25) is 0 Å². The van der Waals surface area contributed by atoms with E-state index in [9.17, 15) is 0 Å². The Bertz CT molecular complexity index is 3390. The summed E-state index contributed by atoms with van der Waals surface area (Å²) >= 11 is 0. The zero-order valence-corrected chi connectivity index (χ0v) is 31.7. The number of anilines is 3. The van der Waals surface area contributed by atoms with Crippen molar-refractivity contribution in [2.45, 2.75) is 0 Å². The molecule has 0 saturated carbocycles. The molecule has 0 N–H and O–H groups in total. The molecular formula is C56H36N2. The van der Waals surface area contributed by atoms with Crippen molar-refractivity contribution < 1.29 is 0 Å². The average molecular weight is 737 g/mol. The van der Waals surface area contributed by atoms with E-state index in [1.165, 1.54) is 93.5 Å². The van der Waals surface area contributed by atoms with Crippen molar-refractivity contribution in [2.75, 3.05) is 4.90 Å². The third-order valence-corrected chi connectivity index (χ3v) is 12.1. The molecule has 270 valence electrons. The first-order valence-electron chi connectivity index (χ1n) is 20.0. The summed E-state index contributed by atoms with van der Waals surface area (Å²) in [6.45, 7) is 0. The van der Waals surface area contributed by atoms with E-state index in [0.29, 0.717) is 0 Å². The van der Waals surface area contributed by atoms with Gasteiger partial charge < -0.3 is 9.47 Å². The van der Waals surface area contributed by atoms with Gasteiger partial charge in [0.15, 0.2) is 0 Å². The van der Waals surface area contributed by atoms with E-state index in [1.807, 2.05) is 0 Å². The van der Waals surface area contributed by atoms with Crippen LogP contribution in [0, 0.1) is 0 Å². The maximum Gasteiger partial charge on any atom is 0.0542 e. The monoisotopic (exact) mass is 736 g/mol. The van der Waals surface area contributed by atoms with Gasteiger partial charge in [0.25, 0.3) is 0 Å². The van der Waals surface area contributed by atoms with E-state index < -0.39 is 0 Å². The molecule has 2 nitrogen and oxygen atoms in total. The highest BCUT2D eigenvalue weighted by atomic mass is 15.1. The van der Waals surface area contributed by atoms with Crippen LogP contribution in [0.5, 0.6) is 0 Å². The predicted molar refractivity (Wildman–Crippen MR) is 246 cm³/mol. The summed E-state index contributed by atoms with van der Waals surface area (Å²) in [6, 6.07) is 79.9. The second-order valence-corrected chi connectivity index (χ2v) is 15.3. The Morgan fingerprint density at radius 3 is 1.78 bits per heavy atom. The van der Waals surface area contributed by atoms with E-state index >= 15 is 0 Å². The van der Waals surface area contributed by atoms with Crippen molar-refractivity contribution in [1.29, 1.82) is 0 Å². The zero-order chi connectivity index (χ0) is 38.2. The van der Waals surface area contributed by atoms with Gasteiger partial charge in [-0.15, -0.1) is 0 Å². The SMILES string of the molecule is c1ccc(-c2ccccc2N(c2ccc3c(c2)-c2cccc4cc5ccccc5c-3c24)c2ccc3c(c2)c2ccccc2n3-c2ccccc2-c2ccccc2)cc1. The van der Waals surface area contributed by atoms with Gasteiger partial charge in [0.05, 0.1) is 22.4 Å². The molecule has 0 saturated heterocycles. The number of hydrogen-bond acceptors (Lipinski definition) is 1. The number of para-hydroxylation sites is 3. The Kier molecular flexibility index (Phi) is 7.26. The highest BCUT2D eigenvalue weighted by Gasteiger charge is 2.27. The Morgan fingerprint density at radius 1 is 0.328 bits per heavy atom. The van der Waals surface area contributed by atoms with Crippen LogP contribution < -0.4 is 4.90 Å². The highest BCUT2D eigenvalue weighted by molar-refractivity contribution is 6.24. The van der Waals surface area contributed by atoms with Crippen molar-refractivity contribution in [3.63, 3.8) is 0 Å². The average Bonchev–Trinajstić information content (AvgIpc) is 3.81. The summed E-state index contributed by atoms with van der Waals surface area (Å²) in [5.74, 6) is 0. The van der Waals surface area contributed by atoms with Crippen molar-refractivity contribution in [1.82, 2.24) is 4.57 Å². The molecule has 1 aliphatic carbocycles. The smallest absolute Gasteiger partial charge is 0.0542 e. The van der Waals surface area contributed by atoms with Gasteiger partial charge in [-0.1, -0.05) is 164 Å². The van der Waals surface area contributed by atoms with Gasteiger partial charge >= 0.3 is 0 Å². The lowest BCUT2D eigenvalue weighted by atomic mass is 9.96. The maximum absolute atomic E-state index is 2.47. The summed E-state index contributed by atoms with van der Waals surface area (Å²) in [5, 5.41) is 7.64. The summed E-state index contributed by atoms with van der Waals surface area (Å²) in [5.41, 5.74) is 16.8. The Labute approximate surface area is 337 Å². The molecular weight excluding hydrogens is 701 g/mol. The fourth-order valence-electron chi connectivity index (χ4n) is 9.59. The molecule has 0 atom stereocenters. The largest absolute Gasteiger partial charge is 0.310 e. The molecule has 0 radical (unpaired) electrons. The van der Waals surface area contributed by atoms with E-state index in [2.05, 4.69) is 228 Å². The van der Waals surface area contributed by atoms with Gasteiger partial charge in [-0.05, 0) is 110 Å². The van der Waals surface area contributed by atoms with Gasteiger partial charge in [-0.3, -0.25) is 0 Å². The second kappa shape index (κ2) is 12.9. The highest BCUT2D eigenvalue weighted by Crippen LogP contribution is 2.53. The Balaban J connectivity index is 1.11. The van der Waals surface area contributed by atoms with Crippen LogP contribution in [0.1, 0.15) is 0 Å². The molecule has 12 rings (SSSR count). The van der Waals surface area contributed by atoms with Crippen LogP contribution in [0.2, 0.25) is 0 Å². The molecule has 10 aromatic carbocycles. The van der Waals surface area contributed by atoms with Gasteiger partial charge in [-0.2, -0.15) is 0 Å². The number of aromatic nitrogens is 1. The lowest BCUT2D eigenvalue weighted by Crippen LogP contribution is -2.11. The molecule has 0 amide bonds. The van der Waals surface area contributed by atoms with Crippen molar-refractivity contribution in [3.05, 3.63) is 218 Å². The molecule has 0 spiro atoms. The molecule has 0 fully saturated rings. The van der Waals surface area contributed by atoms with Gasteiger partial charge in [0.1, 0.15) is 0 Å². The molecule has 1 heterocycles. The molecule has 0 aliphatic heterocycles. The fraction of sp³-hybridized carbons (Fsp3) is 0. The molecule has 0 bridgehead atoms. The van der Waals surface area contributed by atoms with Gasteiger partial charge in [0, 0.05) is 33.3 Å². The maximum atomic E-state index is 2.47.